The third-order valence-electron chi connectivity index (χ3n) is 4.31. The Hall–Kier alpha value is -1.68. The van der Waals surface area contributed by atoms with Crippen LogP contribution in [0.4, 0.5) is 4.39 Å². The molecule has 106 valence electrons. The number of fused-ring (bicyclic) bond motifs is 2. The molecule has 0 aliphatic carbocycles. The Morgan fingerprint density at radius 1 is 1.25 bits per heavy atom. The fraction of sp³-hybridized carbons (Fsp3) is 0.438. The van der Waals surface area contributed by atoms with Gasteiger partial charge < -0.3 is 4.90 Å². The number of hydrogen-bond acceptors (Lipinski definition) is 2. The maximum absolute atomic E-state index is 12.9. The van der Waals surface area contributed by atoms with Gasteiger partial charge in [0, 0.05) is 31.7 Å². The van der Waals surface area contributed by atoms with E-state index in [1.165, 1.54) is 18.2 Å². The second kappa shape index (κ2) is 5.37. The summed E-state index contributed by atoms with van der Waals surface area (Å²) in [5.74, 6) is -0.144. The van der Waals surface area contributed by atoms with E-state index < -0.39 is 0 Å². The molecule has 2 heterocycles. The van der Waals surface area contributed by atoms with Gasteiger partial charge in [0.1, 0.15) is 5.82 Å². The van der Waals surface area contributed by atoms with Crippen LogP contribution in [0.3, 0.4) is 0 Å². The minimum Gasteiger partial charge on any atom is -0.331 e. The summed E-state index contributed by atoms with van der Waals surface area (Å²) in [4.78, 5) is 16.2. The van der Waals surface area contributed by atoms with Crippen LogP contribution in [0.1, 0.15) is 18.4 Å². The lowest BCUT2D eigenvalue weighted by atomic mass is 10.1. The zero-order chi connectivity index (χ0) is 14.1. The van der Waals surface area contributed by atoms with Crippen LogP contribution in [0.5, 0.6) is 0 Å². The van der Waals surface area contributed by atoms with Gasteiger partial charge in [-0.05, 0) is 36.6 Å². The molecule has 1 aromatic rings. The number of likely N-dealkylation sites (tertiary alicyclic amines) is 1. The maximum Gasteiger partial charge on any atom is 0.246 e. The number of rotatable bonds is 3. The summed E-state index contributed by atoms with van der Waals surface area (Å²) < 4.78 is 12.9. The molecule has 0 saturated carbocycles. The van der Waals surface area contributed by atoms with Crippen molar-refractivity contribution in [3.63, 3.8) is 0 Å². The summed E-state index contributed by atoms with van der Waals surface area (Å²) in [5.41, 5.74) is 1.12. The van der Waals surface area contributed by atoms with Crippen LogP contribution in [0.25, 0.3) is 0 Å². The van der Waals surface area contributed by atoms with E-state index >= 15 is 0 Å². The Morgan fingerprint density at radius 3 is 2.40 bits per heavy atom. The molecular weight excluding hydrogens is 255 g/mol. The highest BCUT2D eigenvalue weighted by Crippen LogP contribution is 2.31. The molecular formula is C16H19FN2O. The molecule has 2 aliphatic heterocycles. The smallest absolute Gasteiger partial charge is 0.246 e. The summed E-state index contributed by atoms with van der Waals surface area (Å²) in [6.45, 7) is 6.20. The lowest BCUT2D eigenvalue weighted by Crippen LogP contribution is -2.55. The van der Waals surface area contributed by atoms with Gasteiger partial charge >= 0.3 is 0 Å². The Labute approximate surface area is 118 Å². The van der Waals surface area contributed by atoms with E-state index in [0.717, 1.165) is 38.0 Å². The lowest BCUT2D eigenvalue weighted by molar-refractivity contribution is -0.131. The standard InChI is InChI=1S/C16H19FN2O/c1-2-16(20)19-14-7-8-15(19)11-18(10-14)9-12-3-5-13(17)6-4-12/h2-6,14-15H,1,7-11H2. The van der Waals surface area contributed by atoms with Crippen LogP contribution < -0.4 is 0 Å². The quantitative estimate of drug-likeness (QED) is 0.789. The summed E-state index contributed by atoms with van der Waals surface area (Å²) in [6.07, 6.45) is 3.56. The predicted octanol–water partition coefficient (Wildman–Crippen LogP) is 2.19. The van der Waals surface area contributed by atoms with Gasteiger partial charge in [0.05, 0.1) is 0 Å². The van der Waals surface area contributed by atoms with Crippen molar-refractivity contribution in [1.29, 1.82) is 0 Å². The zero-order valence-corrected chi connectivity index (χ0v) is 11.5. The normalized spacial score (nSPS) is 25.8. The molecule has 20 heavy (non-hydrogen) atoms. The summed E-state index contributed by atoms with van der Waals surface area (Å²) >= 11 is 0. The molecule has 0 spiro atoms. The third kappa shape index (κ3) is 2.48. The van der Waals surface area contributed by atoms with E-state index in [0.29, 0.717) is 12.1 Å². The van der Waals surface area contributed by atoms with Crippen LogP contribution in [0.2, 0.25) is 0 Å². The van der Waals surface area contributed by atoms with Gasteiger partial charge in [0.15, 0.2) is 0 Å². The van der Waals surface area contributed by atoms with Gasteiger partial charge in [0.25, 0.3) is 0 Å². The topological polar surface area (TPSA) is 23.6 Å². The van der Waals surface area contributed by atoms with Gasteiger partial charge in [-0.3, -0.25) is 9.69 Å². The van der Waals surface area contributed by atoms with Gasteiger partial charge in [-0.25, -0.2) is 4.39 Å². The largest absolute Gasteiger partial charge is 0.331 e. The molecule has 1 aromatic carbocycles. The second-order valence-electron chi connectivity index (χ2n) is 5.66. The van der Waals surface area contributed by atoms with Crippen LogP contribution in [0, 0.1) is 5.82 Å². The predicted molar refractivity (Wildman–Crippen MR) is 75.5 cm³/mol. The average molecular weight is 274 g/mol. The first kappa shape index (κ1) is 13.3. The van der Waals surface area contributed by atoms with Crippen molar-refractivity contribution in [2.75, 3.05) is 13.1 Å². The van der Waals surface area contributed by atoms with Gasteiger partial charge in [-0.15, -0.1) is 0 Å². The SMILES string of the molecule is C=CC(=O)N1C2CCC1CN(Cc1ccc(F)cc1)C2. The summed E-state index contributed by atoms with van der Waals surface area (Å²) in [6, 6.07) is 7.28. The van der Waals surface area contributed by atoms with E-state index in [1.54, 1.807) is 0 Å². The highest BCUT2D eigenvalue weighted by Gasteiger charge is 2.41. The lowest BCUT2D eigenvalue weighted by Gasteiger charge is -2.40. The minimum absolute atomic E-state index is 0.0546. The van der Waals surface area contributed by atoms with Crippen molar-refractivity contribution in [3.05, 3.63) is 48.3 Å². The first-order chi connectivity index (χ1) is 9.67. The Bertz CT molecular complexity index is 500. The van der Waals surface area contributed by atoms with E-state index in [9.17, 15) is 9.18 Å². The van der Waals surface area contributed by atoms with Crippen LogP contribution in [-0.2, 0) is 11.3 Å². The van der Waals surface area contributed by atoms with Gasteiger partial charge in [0.2, 0.25) is 5.91 Å². The monoisotopic (exact) mass is 274 g/mol. The molecule has 0 radical (unpaired) electrons. The third-order valence-corrected chi connectivity index (χ3v) is 4.31. The van der Waals surface area contributed by atoms with E-state index in [4.69, 9.17) is 0 Å². The highest BCUT2D eigenvalue weighted by atomic mass is 19.1. The van der Waals surface area contributed by atoms with E-state index in [2.05, 4.69) is 11.5 Å². The molecule has 4 heteroatoms. The number of piperazine rings is 1. The number of carbonyl (C=O) groups excluding carboxylic acids is 1. The maximum atomic E-state index is 12.9. The van der Waals surface area contributed by atoms with Crippen molar-refractivity contribution in [2.45, 2.75) is 31.5 Å². The molecule has 3 rings (SSSR count). The number of benzene rings is 1. The van der Waals surface area contributed by atoms with E-state index in [1.807, 2.05) is 17.0 Å². The van der Waals surface area contributed by atoms with Crippen LogP contribution in [0.15, 0.2) is 36.9 Å². The molecule has 1 amide bonds. The Kier molecular flexibility index (Phi) is 3.57. The van der Waals surface area contributed by atoms with Crippen LogP contribution >= 0.6 is 0 Å². The number of hydrogen-bond donors (Lipinski definition) is 0. The van der Waals surface area contributed by atoms with Crippen LogP contribution in [-0.4, -0.2) is 40.9 Å². The Balaban J connectivity index is 1.66. The molecule has 0 N–H and O–H groups in total. The first-order valence-corrected chi connectivity index (χ1v) is 7.09. The highest BCUT2D eigenvalue weighted by molar-refractivity contribution is 5.87. The van der Waals surface area contributed by atoms with Crippen molar-refractivity contribution in [1.82, 2.24) is 9.80 Å². The Morgan fingerprint density at radius 2 is 1.85 bits per heavy atom. The minimum atomic E-state index is -0.199. The van der Waals surface area contributed by atoms with Crippen molar-refractivity contribution >= 4 is 5.91 Å². The molecule has 2 aliphatic rings. The molecule has 3 nitrogen and oxygen atoms in total. The summed E-state index contributed by atoms with van der Waals surface area (Å²) in [5, 5.41) is 0. The molecule has 0 aromatic heterocycles. The van der Waals surface area contributed by atoms with Crippen molar-refractivity contribution in [3.8, 4) is 0 Å². The van der Waals surface area contributed by atoms with Crippen molar-refractivity contribution < 1.29 is 9.18 Å². The molecule has 2 fully saturated rings. The van der Waals surface area contributed by atoms with Gasteiger partial charge in [-0.2, -0.15) is 0 Å². The second-order valence-corrected chi connectivity index (χ2v) is 5.66. The van der Waals surface area contributed by atoms with E-state index in [-0.39, 0.29) is 11.7 Å². The number of carbonyl (C=O) groups is 1. The molecule has 2 saturated heterocycles. The number of halogens is 1. The summed E-state index contributed by atoms with van der Waals surface area (Å²) in [7, 11) is 0. The zero-order valence-electron chi connectivity index (χ0n) is 11.5. The number of amides is 1. The first-order valence-electron chi connectivity index (χ1n) is 7.09. The molecule has 2 bridgehead atoms. The van der Waals surface area contributed by atoms with Gasteiger partial charge in [-0.1, -0.05) is 18.7 Å². The molecule has 2 atom stereocenters. The number of nitrogens with zero attached hydrogens (tertiary/aromatic N) is 2. The average Bonchev–Trinajstić information content (AvgIpc) is 2.72. The molecule has 2 unspecified atom stereocenters. The van der Waals surface area contributed by atoms with Crippen molar-refractivity contribution in [2.24, 2.45) is 0 Å². The fourth-order valence-corrected chi connectivity index (χ4v) is 3.43. The fourth-order valence-electron chi connectivity index (χ4n) is 3.43.